The van der Waals surface area contributed by atoms with Gasteiger partial charge in [0.25, 0.3) is 5.89 Å². The third kappa shape index (κ3) is 3.76. The van der Waals surface area contributed by atoms with Crippen molar-refractivity contribution in [3.8, 4) is 28.7 Å². The summed E-state index contributed by atoms with van der Waals surface area (Å²) in [5.41, 5.74) is 4.51. The Morgan fingerprint density at radius 1 is 1.31 bits per heavy atom. The van der Waals surface area contributed by atoms with Crippen LogP contribution in [0, 0.1) is 6.92 Å². The molecule has 0 aliphatic rings. The van der Waals surface area contributed by atoms with Crippen molar-refractivity contribution in [2.75, 3.05) is 0 Å². The number of nitrogens with zero attached hydrogens (tertiary/aromatic N) is 3. The number of carbonyl (C=O) groups excluding carboxylic acids is 1. The molecule has 0 spiro atoms. The third-order valence-electron chi connectivity index (χ3n) is 4.62. The number of carbonyl (C=O) groups is 1. The van der Waals surface area contributed by atoms with Gasteiger partial charge in [0.15, 0.2) is 0 Å². The molecule has 0 fully saturated rings. The van der Waals surface area contributed by atoms with E-state index in [1.807, 2.05) is 51.2 Å². The molecule has 1 N–H and O–H groups in total. The molecule has 1 aromatic carbocycles. The molecule has 0 radical (unpaired) electrons. The molecule has 0 amide bonds. The van der Waals surface area contributed by atoms with Crippen molar-refractivity contribution in [1.82, 2.24) is 20.1 Å². The third-order valence-corrected chi connectivity index (χ3v) is 4.62. The highest BCUT2D eigenvalue weighted by atomic mass is 16.5. The van der Waals surface area contributed by atoms with Crippen LogP contribution in [0.3, 0.4) is 0 Å². The van der Waals surface area contributed by atoms with E-state index >= 15 is 0 Å². The zero-order valence-corrected chi connectivity index (χ0v) is 16.6. The first-order chi connectivity index (χ1) is 14.1. The molecule has 29 heavy (non-hydrogen) atoms. The van der Waals surface area contributed by atoms with E-state index in [0.717, 1.165) is 39.4 Å². The zero-order valence-electron chi connectivity index (χ0n) is 16.6. The Morgan fingerprint density at radius 3 is 2.93 bits per heavy atom. The monoisotopic (exact) mass is 390 g/mol. The van der Waals surface area contributed by atoms with Gasteiger partial charge in [0.05, 0.1) is 17.2 Å². The largest absolute Gasteiger partial charge is 0.475 e. The number of aryl methyl sites for hydroxylation is 2. The standard InChI is InChI=1S/C22H22N4O3/c1-13(2)28-21-14(3)10-16(12-24-21)22-25-20(26-29-22)18-8-4-7-17-15(6-5-9-27)11-23-19(17)18/h4,7-13,23H,5-6H2,1-3H3. The topological polar surface area (TPSA) is 93.9 Å². The first kappa shape index (κ1) is 18.9. The molecule has 0 aliphatic carbocycles. The highest BCUT2D eigenvalue weighted by molar-refractivity contribution is 5.94. The van der Waals surface area contributed by atoms with Crippen LogP contribution in [0.25, 0.3) is 33.7 Å². The van der Waals surface area contributed by atoms with Gasteiger partial charge < -0.3 is 19.0 Å². The molecule has 0 saturated heterocycles. The number of hydrogen-bond donors (Lipinski definition) is 1. The predicted octanol–water partition coefficient (Wildman–Crippen LogP) is 4.51. The number of fused-ring (bicyclic) bond motifs is 1. The summed E-state index contributed by atoms with van der Waals surface area (Å²) in [6, 6.07) is 7.85. The minimum atomic E-state index is 0.0553. The number of H-pyrrole nitrogens is 1. The summed E-state index contributed by atoms with van der Waals surface area (Å²) in [4.78, 5) is 22.9. The van der Waals surface area contributed by atoms with Gasteiger partial charge in [-0.2, -0.15) is 4.98 Å². The molecule has 4 aromatic rings. The molecule has 148 valence electrons. The molecule has 3 heterocycles. The molecule has 7 heteroatoms. The van der Waals surface area contributed by atoms with Crippen molar-refractivity contribution in [2.24, 2.45) is 0 Å². The number of pyridine rings is 1. The van der Waals surface area contributed by atoms with Crippen LogP contribution in [0.4, 0.5) is 0 Å². The lowest BCUT2D eigenvalue weighted by molar-refractivity contribution is -0.107. The number of hydrogen-bond acceptors (Lipinski definition) is 6. The number of para-hydroxylation sites is 1. The van der Waals surface area contributed by atoms with Gasteiger partial charge in [-0.1, -0.05) is 17.3 Å². The van der Waals surface area contributed by atoms with Crippen LogP contribution in [0.1, 0.15) is 31.4 Å². The summed E-state index contributed by atoms with van der Waals surface area (Å²) in [5, 5.41) is 5.22. The fourth-order valence-corrected chi connectivity index (χ4v) is 3.30. The number of rotatable bonds is 7. The van der Waals surface area contributed by atoms with Gasteiger partial charge in [0.1, 0.15) is 6.29 Å². The summed E-state index contributed by atoms with van der Waals surface area (Å²) < 4.78 is 11.2. The van der Waals surface area contributed by atoms with E-state index in [1.165, 1.54) is 0 Å². The molecule has 3 aromatic heterocycles. The normalized spacial score (nSPS) is 11.3. The number of aldehydes is 1. The van der Waals surface area contributed by atoms with E-state index in [4.69, 9.17) is 9.26 Å². The summed E-state index contributed by atoms with van der Waals surface area (Å²) in [6.45, 7) is 5.86. The minimum absolute atomic E-state index is 0.0553. The van der Waals surface area contributed by atoms with Crippen molar-refractivity contribution in [3.05, 3.63) is 47.8 Å². The molecule has 0 aliphatic heterocycles. The average molecular weight is 390 g/mol. The Hall–Kier alpha value is -3.48. The first-order valence-electron chi connectivity index (χ1n) is 9.57. The molecule has 0 saturated carbocycles. The van der Waals surface area contributed by atoms with E-state index in [-0.39, 0.29) is 6.10 Å². The Balaban J connectivity index is 1.67. The number of benzene rings is 1. The Labute approximate surface area is 168 Å². The quantitative estimate of drug-likeness (QED) is 0.467. The second-order valence-corrected chi connectivity index (χ2v) is 7.18. The molecule has 7 nitrogen and oxygen atoms in total. The highest BCUT2D eigenvalue weighted by Crippen LogP contribution is 2.30. The van der Waals surface area contributed by atoms with Crippen molar-refractivity contribution in [2.45, 2.75) is 39.7 Å². The summed E-state index contributed by atoms with van der Waals surface area (Å²) in [7, 11) is 0. The van der Waals surface area contributed by atoms with E-state index < -0.39 is 0 Å². The summed E-state index contributed by atoms with van der Waals surface area (Å²) >= 11 is 0. The molecular weight excluding hydrogens is 368 g/mol. The molecule has 0 atom stereocenters. The SMILES string of the molecule is Cc1cc(-c2nc(-c3cccc4c(CCC=O)c[nH]c34)no2)cnc1OC(C)C. The Morgan fingerprint density at radius 2 is 2.17 bits per heavy atom. The van der Waals surface area contributed by atoms with Crippen LogP contribution < -0.4 is 4.74 Å². The van der Waals surface area contributed by atoms with Gasteiger partial charge in [-0.15, -0.1) is 0 Å². The zero-order chi connectivity index (χ0) is 20.4. The lowest BCUT2D eigenvalue weighted by Gasteiger charge is -2.10. The minimum Gasteiger partial charge on any atom is -0.475 e. The van der Waals surface area contributed by atoms with Gasteiger partial charge in [-0.05, 0) is 44.9 Å². The molecule has 4 rings (SSSR count). The van der Waals surface area contributed by atoms with Gasteiger partial charge in [0.2, 0.25) is 11.7 Å². The van der Waals surface area contributed by atoms with Crippen LogP contribution in [0.5, 0.6) is 5.88 Å². The average Bonchev–Trinajstić information content (AvgIpc) is 3.35. The maximum atomic E-state index is 10.7. The molecule has 0 bridgehead atoms. The number of nitrogens with one attached hydrogen (secondary N) is 1. The van der Waals surface area contributed by atoms with Crippen molar-refractivity contribution in [1.29, 1.82) is 0 Å². The second-order valence-electron chi connectivity index (χ2n) is 7.18. The van der Waals surface area contributed by atoms with Crippen LogP contribution in [-0.2, 0) is 11.2 Å². The van der Waals surface area contributed by atoms with Gasteiger partial charge in [-0.3, -0.25) is 0 Å². The number of aromatic nitrogens is 4. The smallest absolute Gasteiger partial charge is 0.259 e. The summed E-state index contributed by atoms with van der Waals surface area (Å²) in [6.07, 6.45) is 5.78. The first-order valence-corrected chi connectivity index (χ1v) is 9.57. The lowest BCUT2D eigenvalue weighted by Crippen LogP contribution is -2.08. The van der Waals surface area contributed by atoms with Crippen LogP contribution in [0.2, 0.25) is 0 Å². The fraction of sp³-hybridized carbons (Fsp3) is 0.273. The van der Waals surface area contributed by atoms with Gasteiger partial charge >= 0.3 is 0 Å². The number of ether oxygens (including phenoxy) is 1. The lowest BCUT2D eigenvalue weighted by atomic mass is 10.1. The second kappa shape index (κ2) is 7.87. The van der Waals surface area contributed by atoms with Crippen LogP contribution >= 0.6 is 0 Å². The van der Waals surface area contributed by atoms with E-state index in [0.29, 0.717) is 30.4 Å². The Bertz CT molecular complexity index is 1160. The fourth-order valence-electron chi connectivity index (χ4n) is 3.30. The van der Waals surface area contributed by atoms with Crippen molar-refractivity contribution in [3.63, 3.8) is 0 Å². The maximum absolute atomic E-state index is 10.7. The van der Waals surface area contributed by atoms with E-state index in [9.17, 15) is 4.79 Å². The van der Waals surface area contributed by atoms with Gasteiger partial charge in [0, 0.05) is 35.3 Å². The van der Waals surface area contributed by atoms with Gasteiger partial charge in [-0.25, -0.2) is 4.98 Å². The van der Waals surface area contributed by atoms with Crippen LogP contribution in [-0.4, -0.2) is 32.5 Å². The van der Waals surface area contributed by atoms with E-state index in [1.54, 1.807) is 6.20 Å². The Kier molecular flexibility index (Phi) is 5.12. The van der Waals surface area contributed by atoms with E-state index in [2.05, 4.69) is 20.1 Å². The highest BCUT2D eigenvalue weighted by Gasteiger charge is 2.16. The van der Waals surface area contributed by atoms with Crippen LogP contribution in [0.15, 0.2) is 41.2 Å². The predicted molar refractivity (Wildman–Crippen MR) is 110 cm³/mol. The number of aromatic amines is 1. The van der Waals surface area contributed by atoms with Crippen molar-refractivity contribution < 1.29 is 14.1 Å². The molecular formula is C22H22N4O3. The van der Waals surface area contributed by atoms with Crippen molar-refractivity contribution >= 4 is 17.2 Å². The summed E-state index contributed by atoms with van der Waals surface area (Å²) in [5.74, 6) is 1.49. The molecule has 0 unspecified atom stereocenters. The maximum Gasteiger partial charge on any atom is 0.259 e.